The molecule has 0 aliphatic carbocycles. The molecule has 7 heteroatoms. The van der Waals surface area contributed by atoms with Crippen molar-refractivity contribution in [3.8, 4) is 28.4 Å². The third kappa shape index (κ3) is 4.76. The lowest BCUT2D eigenvalue weighted by molar-refractivity contribution is 0.162. The van der Waals surface area contributed by atoms with E-state index < -0.39 is 0 Å². The number of H-pyrrole nitrogens is 2. The Kier molecular flexibility index (Phi) is 6.58. The second kappa shape index (κ2) is 10.5. The van der Waals surface area contributed by atoms with E-state index >= 15 is 0 Å². The normalized spacial score (nSPS) is 15.3. The van der Waals surface area contributed by atoms with Gasteiger partial charge in [-0.05, 0) is 80.4 Å². The summed E-state index contributed by atoms with van der Waals surface area (Å²) < 4.78 is 6.26. The number of pyridine rings is 2. The first-order chi connectivity index (χ1) is 18.7. The van der Waals surface area contributed by atoms with Crippen LogP contribution in [0.25, 0.3) is 51.3 Å². The van der Waals surface area contributed by atoms with E-state index in [1.165, 1.54) is 0 Å². The highest BCUT2D eigenvalue weighted by Crippen LogP contribution is 2.29. The molecular formula is C31H30N6O. The molecule has 0 spiro atoms. The van der Waals surface area contributed by atoms with Crippen LogP contribution in [0.3, 0.4) is 0 Å². The van der Waals surface area contributed by atoms with Crippen molar-refractivity contribution >= 4 is 28.6 Å². The molecule has 1 fully saturated rings. The highest BCUT2D eigenvalue weighted by molar-refractivity contribution is 5.97. The minimum atomic E-state index is 0.248. The lowest BCUT2D eigenvalue weighted by atomic mass is 10.0. The van der Waals surface area contributed by atoms with Gasteiger partial charge in [-0.1, -0.05) is 30.9 Å². The number of hydrogen-bond donors (Lipinski definition) is 3. The summed E-state index contributed by atoms with van der Waals surface area (Å²) in [5, 5.41) is 14.2. The van der Waals surface area contributed by atoms with Gasteiger partial charge in [0.05, 0.1) is 28.5 Å². The molecule has 0 unspecified atom stereocenters. The molecule has 0 atom stereocenters. The van der Waals surface area contributed by atoms with Gasteiger partial charge >= 0.3 is 0 Å². The zero-order valence-electron chi connectivity index (χ0n) is 21.4. The van der Waals surface area contributed by atoms with Gasteiger partial charge < -0.3 is 15.0 Å². The van der Waals surface area contributed by atoms with Crippen molar-refractivity contribution in [2.45, 2.75) is 25.9 Å². The van der Waals surface area contributed by atoms with Crippen LogP contribution >= 0.6 is 0 Å². The third-order valence-corrected chi connectivity index (χ3v) is 6.98. The zero-order valence-corrected chi connectivity index (χ0v) is 21.4. The number of ether oxygens (including phenoxy) is 1. The summed E-state index contributed by atoms with van der Waals surface area (Å²) in [6.45, 7) is 8.38. The second-order valence-corrected chi connectivity index (χ2v) is 9.50. The maximum atomic E-state index is 6.26. The van der Waals surface area contributed by atoms with Crippen LogP contribution in [-0.2, 0) is 0 Å². The number of aromatic amines is 2. The van der Waals surface area contributed by atoms with E-state index in [1.807, 2.05) is 55.7 Å². The van der Waals surface area contributed by atoms with Crippen molar-refractivity contribution in [2.24, 2.45) is 0 Å². The Morgan fingerprint density at radius 3 is 2.79 bits per heavy atom. The standard InChI is InChI=1S/C31H30N6O/c1-3-27-25(15-20(2)21-7-6-8-23(16-21)38-22-10-13-32-14-11-22)31(37-36-27)29-17-24-26(18-33-19-30(24)35-29)28-9-4-5-12-34-28/h3-9,12,15-19,22,32,35-36H,2,10-11,13-14H2,1H3/b25-15+,27-3+. The number of aromatic nitrogens is 5. The highest BCUT2D eigenvalue weighted by atomic mass is 16.5. The number of fused-ring (bicyclic) bond motifs is 1. The number of hydrogen-bond acceptors (Lipinski definition) is 5. The quantitative estimate of drug-likeness (QED) is 0.319. The first-order valence-corrected chi connectivity index (χ1v) is 13.0. The van der Waals surface area contributed by atoms with Gasteiger partial charge in [-0.15, -0.1) is 0 Å². The molecule has 0 bridgehead atoms. The van der Waals surface area contributed by atoms with Crippen molar-refractivity contribution < 1.29 is 4.74 Å². The fourth-order valence-corrected chi connectivity index (χ4v) is 4.97. The molecule has 38 heavy (non-hydrogen) atoms. The van der Waals surface area contributed by atoms with Gasteiger partial charge in [-0.2, -0.15) is 5.10 Å². The Hall–Kier alpha value is -4.49. The molecule has 5 heterocycles. The lowest BCUT2D eigenvalue weighted by Crippen LogP contribution is -2.34. The number of benzene rings is 1. The number of piperidine rings is 1. The lowest BCUT2D eigenvalue weighted by Gasteiger charge is -2.24. The topological polar surface area (TPSA) is 91.5 Å². The predicted molar refractivity (Wildman–Crippen MR) is 153 cm³/mol. The number of nitrogens with zero attached hydrogens (tertiary/aromatic N) is 3. The molecule has 7 nitrogen and oxygen atoms in total. The van der Waals surface area contributed by atoms with Crippen LogP contribution in [0, 0.1) is 0 Å². The van der Waals surface area contributed by atoms with Gasteiger partial charge in [0.2, 0.25) is 0 Å². The molecule has 190 valence electrons. The van der Waals surface area contributed by atoms with Crippen LogP contribution in [0.1, 0.15) is 25.3 Å². The van der Waals surface area contributed by atoms with Gasteiger partial charge in [0.25, 0.3) is 0 Å². The third-order valence-electron chi connectivity index (χ3n) is 6.98. The summed E-state index contributed by atoms with van der Waals surface area (Å²) in [4.78, 5) is 12.5. The molecular weight excluding hydrogens is 472 g/mol. The number of rotatable bonds is 6. The van der Waals surface area contributed by atoms with E-state index in [2.05, 4.69) is 61.3 Å². The summed E-state index contributed by atoms with van der Waals surface area (Å²) in [5.41, 5.74) is 6.42. The van der Waals surface area contributed by atoms with E-state index in [4.69, 9.17) is 4.74 Å². The molecule has 1 saturated heterocycles. The first kappa shape index (κ1) is 23.9. The molecule has 1 aromatic carbocycles. The van der Waals surface area contributed by atoms with Gasteiger partial charge in [-0.25, -0.2) is 0 Å². The SMILES string of the molecule is C=C(/C=c1/c(-c2cc3c(-c4ccccn4)cncc3[nH]2)n[nH]/c1=C/C)c1cccc(OC2CCNCC2)c1. The van der Waals surface area contributed by atoms with Gasteiger partial charge in [0, 0.05) is 28.6 Å². The van der Waals surface area contributed by atoms with Crippen molar-refractivity contribution in [3.63, 3.8) is 0 Å². The second-order valence-electron chi connectivity index (χ2n) is 9.50. The first-order valence-electron chi connectivity index (χ1n) is 13.0. The molecule has 0 radical (unpaired) electrons. The van der Waals surface area contributed by atoms with Crippen molar-refractivity contribution in [1.82, 2.24) is 30.5 Å². The molecule has 1 aliphatic rings. The minimum absolute atomic E-state index is 0.248. The average molecular weight is 503 g/mol. The fourth-order valence-electron chi connectivity index (χ4n) is 4.97. The summed E-state index contributed by atoms with van der Waals surface area (Å²) in [7, 11) is 0. The van der Waals surface area contributed by atoms with Crippen molar-refractivity contribution in [3.05, 3.63) is 89.8 Å². The largest absolute Gasteiger partial charge is 0.490 e. The molecule has 4 aromatic heterocycles. The molecule has 5 aromatic rings. The summed E-state index contributed by atoms with van der Waals surface area (Å²) >= 11 is 0. The van der Waals surface area contributed by atoms with E-state index in [0.717, 1.165) is 86.9 Å². The maximum Gasteiger partial charge on any atom is 0.120 e. The molecule has 1 aliphatic heterocycles. The van der Waals surface area contributed by atoms with Crippen LogP contribution in [0.15, 0.2) is 73.7 Å². The maximum absolute atomic E-state index is 6.26. The van der Waals surface area contributed by atoms with Crippen LogP contribution in [-0.4, -0.2) is 44.3 Å². The van der Waals surface area contributed by atoms with Crippen molar-refractivity contribution in [1.29, 1.82) is 0 Å². The summed E-state index contributed by atoms with van der Waals surface area (Å²) in [6, 6.07) is 16.2. The molecule has 3 N–H and O–H groups in total. The Labute approximate surface area is 221 Å². The van der Waals surface area contributed by atoms with E-state index in [9.17, 15) is 0 Å². The number of allylic oxidation sites excluding steroid dienone is 1. The van der Waals surface area contributed by atoms with Crippen LogP contribution in [0.4, 0.5) is 0 Å². The minimum Gasteiger partial charge on any atom is -0.490 e. The van der Waals surface area contributed by atoms with Crippen molar-refractivity contribution in [2.75, 3.05) is 13.1 Å². The smallest absolute Gasteiger partial charge is 0.120 e. The fraction of sp³-hybridized carbons (Fsp3) is 0.194. The highest BCUT2D eigenvalue weighted by Gasteiger charge is 2.16. The average Bonchev–Trinajstić information content (AvgIpc) is 3.58. The monoisotopic (exact) mass is 502 g/mol. The summed E-state index contributed by atoms with van der Waals surface area (Å²) in [6.07, 6.45) is 11.9. The Morgan fingerprint density at radius 2 is 1.97 bits per heavy atom. The van der Waals surface area contributed by atoms with Gasteiger partial charge in [0.1, 0.15) is 17.5 Å². The van der Waals surface area contributed by atoms with Crippen LogP contribution < -0.4 is 20.6 Å². The summed E-state index contributed by atoms with van der Waals surface area (Å²) in [5.74, 6) is 0.879. The zero-order chi connectivity index (χ0) is 25.9. The van der Waals surface area contributed by atoms with Crippen LogP contribution in [0.5, 0.6) is 5.75 Å². The predicted octanol–water partition coefficient (Wildman–Crippen LogP) is 4.44. The van der Waals surface area contributed by atoms with E-state index in [0.29, 0.717) is 0 Å². The Balaban J connectivity index is 1.37. The van der Waals surface area contributed by atoms with E-state index in [-0.39, 0.29) is 6.10 Å². The Bertz CT molecular complexity index is 1710. The van der Waals surface area contributed by atoms with Gasteiger partial charge in [-0.3, -0.25) is 15.1 Å². The van der Waals surface area contributed by atoms with Gasteiger partial charge in [0.15, 0.2) is 0 Å². The Morgan fingerprint density at radius 1 is 1.08 bits per heavy atom. The van der Waals surface area contributed by atoms with Crippen LogP contribution in [0.2, 0.25) is 0 Å². The molecule has 6 rings (SSSR count). The number of nitrogens with one attached hydrogen (secondary N) is 3. The van der Waals surface area contributed by atoms with E-state index in [1.54, 1.807) is 6.20 Å². The molecule has 0 amide bonds. The molecule has 0 saturated carbocycles.